The first-order valence-electron chi connectivity index (χ1n) is 6.35. The Balaban J connectivity index is 2.38. The van der Waals surface area contributed by atoms with Crippen LogP contribution in [0.25, 0.3) is 0 Å². The predicted molar refractivity (Wildman–Crippen MR) is 61.6 cm³/mol. The molecule has 0 bridgehead atoms. The van der Waals surface area contributed by atoms with Crippen molar-refractivity contribution < 1.29 is 9.53 Å². The van der Waals surface area contributed by atoms with Gasteiger partial charge >= 0.3 is 5.97 Å². The Bertz CT molecular complexity index is 193. The fraction of sp³-hybridized carbons (Fsp3) is 0.923. The van der Waals surface area contributed by atoms with Crippen LogP contribution in [0.5, 0.6) is 0 Å². The summed E-state index contributed by atoms with van der Waals surface area (Å²) in [6.45, 7) is 6.31. The Kier molecular flexibility index (Phi) is 5.13. The molecule has 1 saturated carbocycles. The fourth-order valence-electron chi connectivity index (χ4n) is 2.27. The SMILES string of the molecule is CCC(OC(=O)C1CCCCC1)C(C)C. The summed E-state index contributed by atoms with van der Waals surface area (Å²) in [7, 11) is 0. The summed E-state index contributed by atoms with van der Waals surface area (Å²) < 4.78 is 5.56. The molecule has 0 aromatic rings. The van der Waals surface area contributed by atoms with Crippen LogP contribution in [0.3, 0.4) is 0 Å². The second-order valence-corrected chi connectivity index (χ2v) is 4.96. The average molecular weight is 212 g/mol. The van der Waals surface area contributed by atoms with Crippen LogP contribution >= 0.6 is 0 Å². The number of esters is 1. The van der Waals surface area contributed by atoms with Crippen molar-refractivity contribution >= 4 is 5.97 Å². The summed E-state index contributed by atoms with van der Waals surface area (Å²) in [5.41, 5.74) is 0. The van der Waals surface area contributed by atoms with Crippen molar-refractivity contribution in [3.05, 3.63) is 0 Å². The summed E-state index contributed by atoms with van der Waals surface area (Å²) in [4.78, 5) is 11.8. The lowest BCUT2D eigenvalue weighted by molar-refractivity contribution is -0.157. The largest absolute Gasteiger partial charge is 0.462 e. The molecule has 1 unspecified atom stereocenters. The van der Waals surface area contributed by atoms with Crippen LogP contribution in [0.2, 0.25) is 0 Å². The van der Waals surface area contributed by atoms with Crippen LogP contribution in [0.1, 0.15) is 59.3 Å². The number of ether oxygens (including phenoxy) is 1. The van der Waals surface area contributed by atoms with Gasteiger partial charge in [0.2, 0.25) is 0 Å². The van der Waals surface area contributed by atoms with E-state index in [1.807, 2.05) is 0 Å². The van der Waals surface area contributed by atoms with Gasteiger partial charge in [-0.05, 0) is 25.2 Å². The molecule has 1 aliphatic carbocycles. The van der Waals surface area contributed by atoms with Crippen molar-refractivity contribution in [2.45, 2.75) is 65.4 Å². The molecule has 2 nitrogen and oxygen atoms in total. The van der Waals surface area contributed by atoms with Crippen LogP contribution in [-0.2, 0) is 9.53 Å². The van der Waals surface area contributed by atoms with E-state index in [-0.39, 0.29) is 18.0 Å². The maximum absolute atomic E-state index is 11.8. The third-order valence-corrected chi connectivity index (χ3v) is 3.35. The van der Waals surface area contributed by atoms with Gasteiger partial charge in [-0.25, -0.2) is 0 Å². The van der Waals surface area contributed by atoms with Crippen molar-refractivity contribution in [2.24, 2.45) is 11.8 Å². The van der Waals surface area contributed by atoms with E-state index in [1.165, 1.54) is 19.3 Å². The summed E-state index contributed by atoms with van der Waals surface area (Å²) >= 11 is 0. The van der Waals surface area contributed by atoms with E-state index < -0.39 is 0 Å². The first-order valence-corrected chi connectivity index (χ1v) is 6.35. The van der Waals surface area contributed by atoms with E-state index in [4.69, 9.17) is 4.74 Å². The van der Waals surface area contributed by atoms with Gasteiger partial charge in [-0.15, -0.1) is 0 Å². The van der Waals surface area contributed by atoms with Gasteiger partial charge in [0.25, 0.3) is 0 Å². The van der Waals surface area contributed by atoms with Crippen LogP contribution in [0.4, 0.5) is 0 Å². The van der Waals surface area contributed by atoms with Crippen LogP contribution < -0.4 is 0 Å². The number of carbonyl (C=O) groups is 1. The second kappa shape index (κ2) is 6.14. The van der Waals surface area contributed by atoms with Crippen molar-refractivity contribution in [1.82, 2.24) is 0 Å². The molecule has 0 aromatic heterocycles. The monoisotopic (exact) mass is 212 g/mol. The molecular weight excluding hydrogens is 188 g/mol. The molecular formula is C13H24O2. The molecule has 0 aliphatic heterocycles. The molecule has 15 heavy (non-hydrogen) atoms. The molecule has 88 valence electrons. The van der Waals surface area contributed by atoms with E-state index in [2.05, 4.69) is 20.8 Å². The topological polar surface area (TPSA) is 26.3 Å². The molecule has 1 fully saturated rings. The first-order chi connectivity index (χ1) is 7.15. The van der Waals surface area contributed by atoms with Crippen molar-refractivity contribution in [3.63, 3.8) is 0 Å². The zero-order valence-electron chi connectivity index (χ0n) is 10.3. The minimum absolute atomic E-state index is 0.0512. The molecule has 0 amide bonds. The normalized spacial score (nSPS) is 20.3. The Labute approximate surface area is 93.4 Å². The van der Waals surface area contributed by atoms with Crippen molar-refractivity contribution in [2.75, 3.05) is 0 Å². The minimum atomic E-state index is 0.0512. The number of hydrogen-bond acceptors (Lipinski definition) is 2. The molecule has 0 aromatic carbocycles. The molecule has 0 heterocycles. The maximum atomic E-state index is 11.8. The summed E-state index contributed by atoms with van der Waals surface area (Å²) in [6, 6.07) is 0. The van der Waals surface area contributed by atoms with Gasteiger partial charge in [0.15, 0.2) is 0 Å². The molecule has 1 rings (SSSR count). The lowest BCUT2D eigenvalue weighted by Crippen LogP contribution is -2.28. The zero-order valence-corrected chi connectivity index (χ0v) is 10.3. The van der Waals surface area contributed by atoms with Gasteiger partial charge in [-0.3, -0.25) is 4.79 Å². The lowest BCUT2D eigenvalue weighted by atomic mass is 9.89. The standard InChI is InChI=1S/C13H24O2/c1-4-12(10(2)3)15-13(14)11-8-6-5-7-9-11/h10-12H,4-9H2,1-3H3. The Morgan fingerprint density at radius 2 is 1.87 bits per heavy atom. The average Bonchev–Trinajstić information content (AvgIpc) is 2.26. The highest BCUT2D eigenvalue weighted by Crippen LogP contribution is 2.26. The Morgan fingerprint density at radius 3 is 2.33 bits per heavy atom. The maximum Gasteiger partial charge on any atom is 0.309 e. The fourth-order valence-corrected chi connectivity index (χ4v) is 2.27. The summed E-state index contributed by atoms with van der Waals surface area (Å²) in [5, 5.41) is 0. The zero-order chi connectivity index (χ0) is 11.3. The van der Waals surface area contributed by atoms with Crippen molar-refractivity contribution in [1.29, 1.82) is 0 Å². The van der Waals surface area contributed by atoms with Gasteiger partial charge in [-0.1, -0.05) is 40.0 Å². The van der Waals surface area contributed by atoms with Gasteiger partial charge in [0.05, 0.1) is 5.92 Å². The highest BCUT2D eigenvalue weighted by molar-refractivity contribution is 5.72. The molecule has 0 spiro atoms. The smallest absolute Gasteiger partial charge is 0.309 e. The third-order valence-electron chi connectivity index (χ3n) is 3.35. The summed E-state index contributed by atoms with van der Waals surface area (Å²) in [5.74, 6) is 0.671. The van der Waals surface area contributed by atoms with E-state index in [0.29, 0.717) is 5.92 Å². The highest BCUT2D eigenvalue weighted by atomic mass is 16.5. The highest BCUT2D eigenvalue weighted by Gasteiger charge is 2.25. The van der Waals surface area contributed by atoms with Crippen LogP contribution in [0, 0.1) is 11.8 Å². The lowest BCUT2D eigenvalue weighted by Gasteiger charge is -2.25. The van der Waals surface area contributed by atoms with Crippen LogP contribution in [0.15, 0.2) is 0 Å². The predicted octanol–water partition coefficient (Wildman–Crippen LogP) is 3.54. The van der Waals surface area contributed by atoms with E-state index in [1.54, 1.807) is 0 Å². The van der Waals surface area contributed by atoms with Gasteiger partial charge in [-0.2, -0.15) is 0 Å². The Hall–Kier alpha value is -0.530. The molecule has 0 N–H and O–H groups in total. The molecule has 1 aliphatic rings. The quantitative estimate of drug-likeness (QED) is 0.666. The number of rotatable bonds is 4. The van der Waals surface area contributed by atoms with E-state index in [0.717, 1.165) is 19.3 Å². The second-order valence-electron chi connectivity index (χ2n) is 4.96. The molecule has 1 atom stereocenters. The van der Waals surface area contributed by atoms with Gasteiger partial charge < -0.3 is 4.74 Å². The molecule has 0 saturated heterocycles. The van der Waals surface area contributed by atoms with Crippen molar-refractivity contribution in [3.8, 4) is 0 Å². The minimum Gasteiger partial charge on any atom is -0.462 e. The number of hydrogen-bond donors (Lipinski definition) is 0. The third kappa shape index (κ3) is 3.84. The first kappa shape index (κ1) is 12.5. The number of carbonyl (C=O) groups excluding carboxylic acids is 1. The summed E-state index contributed by atoms with van der Waals surface area (Å²) in [6.07, 6.45) is 6.78. The van der Waals surface area contributed by atoms with Gasteiger partial charge in [0.1, 0.15) is 6.10 Å². The molecule has 2 heteroatoms. The van der Waals surface area contributed by atoms with Crippen LogP contribution in [-0.4, -0.2) is 12.1 Å². The Morgan fingerprint density at radius 1 is 1.27 bits per heavy atom. The van der Waals surface area contributed by atoms with E-state index >= 15 is 0 Å². The van der Waals surface area contributed by atoms with E-state index in [9.17, 15) is 4.79 Å². The molecule has 0 radical (unpaired) electrons. The van der Waals surface area contributed by atoms with Gasteiger partial charge in [0, 0.05) is 0 Å².